The van der Waals surface area contributed by atoms with E-state index in [1.54, 1.807) is 0 Å². The van der Waals surface area contributed by atoms with E-state index in [4.69, 9.17) is 14.9 Å². The summed E-state index contributed by atoms with van der Waals surface area (Å²) in [6.45, 7) is 3.32. The predicted octanol–water partition coefficient (Wildman–Crippen LogP) is 7.87. The van der Waals surface area contributed by atoms with Gasteiger partial charge in [0.1, 0.15) is 12.1 Å². The molecule has 0 radical (unpaired) electrons. The number of rotatable bonds is 32. The highest BCUT2D eigenvalue weighted by Gasteiger charge is 2.19. The molecule has 9 nitrogen and oxygen atoms in total. The molecule has 2 amide bonds. The minimum atomic E-state index is -1.38. The van der Waals surface area contributed by atoms with Crippen molar-refractivity contribution in [1.29, 1.82) is 0 Å². The molecule has 0 aromatic carbocycles. The van der Waals surface area contributed by atoms with E-state index in [-0.39, 0.29) is 24.5 Å². The topological polar surface area (TPSA) is 142 Å². The van der Waals surface area contributed by atoms with Gasteiger partial charge in [0.15, 0.2) is 0 Å². The van der Waals surface area contributed by atoms with Crippen molar-refractivity contribution in [3.8, 4) is 0 Å². The lowest BCUT2D eigenvalue weighted by molar-refractivity contribution is -0.150. The standard InChI is InChI=1S/C38H66N2O7/c1-3-5-7-9-11-12-13-14-15-16-17-22-26-30-37(44)47-33(27-23-19-10-8-6-4-2)28-24-20-18-21-25-29-35(42)39-31-36(43)40-34(32-41)38(45)46/h5,7,11-12,14-15,33-34,41H,3-4,6,8-10,13,16-32H2,1-2H3,(H,39,42)(H,40,43)(H,45,46)/b7-5-,12-11-,15-14-. The Morgan fingerprint density at radius 2 is 1.21 bits per heavy atom. The Kier molecular flexibility index (Phi) is 30.9. The number of aliphatic hydroxyl groups excluding tert-OH is 1. The van der Waals surface area contributed by atoms with Gasteiger partial charge < -0.3 is 25.6 Å². The monoisotopic (exact) mass is 662 g/mol. The van der Waals surface area contributed by atoms with Gasteiger partial charge in [-0.2, -0.15) is 0 Å². The second kappa shape index (κ2) is 33.0. The number of aliphatic hydroxyl groups is 1. The molecule has 0 aromatic heterocycles. The zero-order valence-corrected chi connectivity index (χ0v) is 29.5. The van der Waals surface area contributed by atoms with Crippen LogP contribution in [0.15, 0.2) is 36.5 Å². The van der Waals surface area contributed by atoms with Gasteiger partial charge in [0, 0.05) is 12.8 Å². The van der Waals surface area contributed by atoms with Gasteiger partial charge in [0.05, 0.1) is 13.2 Å². The van der Waals surface area contributed by atoms with E-state index in [2.05, 4.69) is 60.9 Å². The summed E-state index contributed by atoms with van der Waals surface area (Å²) in [5.74, 6) is -2.33. The van der Waals surface area contributed by atoms with E-state index in [0.717, 1.165) is 89.9 Å². The molecule has 2 atom stereocenters. The van der Waals surface area contributed by atoms with Crippen LogP contribution in [0.1, 0.15) is 155 Å². The second-order valence-corrected chi connectivity index (χ2v) is 12.3. The van der Waals surface area contributed by atoms with Crippen molar-refractivity contribution in [3.63, 3.8) is 0 Å². The summed E-state index contributed by atoms with van der Waals surface area (Å²) in [5, 5.41) is 22.4. The van der Waals surface area contributed by atoms with Crippen molar-refractivity contribution in [2.24, 2.45) is 0 Å². The molecule has 0 aromatic rings. The first kappa shape index (κ1) is 44.1. The zero-order chi connectivity index (χ0) is 34.8. The molecule has 47 heavy (non-hydrogen) atoms. The lowest BCUT2D eigenvalue weighted by Crippen LogP contribution is -2.47. The SMILES string of the molecule is CC/C=C\C/C=C\C/C=C\CCCCCC(=O)OC(CCCCCCCC)CCCCCCCC(=O)NCC(=O)NC(CO)C(=O)O. The molecule has 0 bridgehead atoms. The summed E-state index contributed by atoms with van der Waals surface area (Å²) >= 11 is 0. The zero-order valence-electron chi connectivity index (χ0n) is 29.5. The summed E-state index contributed by atoms with van der Waals surface area (Å²) < 4.78 is 5.94. The lowest BCUT2D eigenvalue weighted by atomic mass is 10.0. The van der Waals surface area contributed by atoms with Gasteiger partial charge in [-0.15, -0.1) is 0 Å². The van der Waals surface area contributed by atoms with Gasteiger partial charge in [-0.25, -0.2) is 4.79 Å². The van der Waals surface area contributed by atoms with E-state index in [9.17, 15) is 19.2 Å². The number of carboxylic acid groups (broad SMARTS) is 1. The number of hydrogen-bond acceptors (Lipinski definition) is 6. The number of esters is 1. The van der Waals surface area contributed by atoms with Crippen molar-refractivity contribution in [2.75, 3.05) is 13.2 Å². The van der Waals surface area contributed by atoms with Crippen LogP contribution in [0.25, 0.3) is 0 Å². The molecule has 0 saturated heterocycles. The maximum Gasteiger partial charge on any atom is 0.328 e. The molecule has 2 unspecified atom stereocenters. The molecule has 0 fully saturated rings. The van der Waals surface area contributed by atoms with Gasteiger partial charge in [0.2, 0.25) is 11.8 Å². The molecule has 0 spiro atoms. The van der Waals surface area contributed by atoms with Crippen molar-refractivity contribution in [3.05, 3.63) is 36.5 Å². The second-order valence-electron chi connectivity index (χ2n) is 12.3. The molecule has 0 saturated carbocycles. The van der Waals surface area contributed by atoms with E-state index in [1.165, 1.54) is 32.1 Å². The number of nitrogens with one attached hydrogen (secondary N) is 2. The molecule has 0 rings (SSSR count). The maximum atomic E-state index is 12.6. The third kappa shape index (κ3) is 30.2. The van der Waals surface area contributed by atoms with E-state index in [0.29, 0.717) is 19.3 Å². The first-order chi connectivity index (χ1) is 22.8. The fourth-order valence-corrected chi connectivity index (χ4v) is 5.08. The third-order valence-corrected chi connectivity index (χ3v) is 7.90. The fraction of sp³-hybridized carbons (Fsp3) is 0.737. The summed E-state index contributed by atoms with van der Waals surface area (Å²) in [5.41, 5.74) is 0. The van der Waals surface area contributed by atoms with E-state index >= 15 is 0 Å². The third-order valence-electron chi connectivity index (χ3n) is 7.90. The smallest absolute Gasteiger partial charge is 0.328 e. The van der Waals surface area contributed by atoms with Crippen LogP contribution in [0.4, 0.5) is 0 Å². The number of carbonyl (C=O) groups is 4. The highest BCUT2D eigenvalue weighted by atomic mass is 16.5. The van der Waals surface area contributed by atoms with Crippen LogP contribution < -0.4 is 10.6 Å². The summed E-state index contributed by atoms with van der Waals surface area (Å²) in [7, 11) is 0. The summed E-state index contributed by atoms with van der Waals surface area (Å²) in [6, 6.07) is -1.38. The number of allylic oxidation sites excluding steroid dienone is 6. The first-order valence-corrected chi connectivity index (χ1v) is 18.4. The van der Waals surface area contributed by atoms with Crippen LogP contribution in [-0.2, 0) is 23.9 Å². The fourth-order valence-electron chi connectivity index (χ4n) is 5.08. The Labute approximate surface area is 285 Å². The van der Waals surface area contributed by atoms with E-state index < -0.39 is 24.5 Å². The Morgan fingerprint density at radius 3 is 1.83 bits per heavy atom. The van der Waals surface area contributed by atoms with Crippen LogP contribution in [0.2, 0.25) is 0 Å². The summed E-state index contributed by atoms with van der Waals surface area (Å²) in [6.07, 6.45) is 34.6. The number of amides is 2. The van der Waals surface area contributed by atoms with Crippen LogP contribution >= 0.6 is 0 Å². The maximum absolute atomic E-state index is 12.6. The molecule has 4 N–H and O–H groups in total. The quantitative estimate of drug-likeness (QED) is 0.0326. The molecule has 0 aliphatic rings. The first-order valence-electron chi connectivity index (χ1n) is 18.4. The minimum Gasteiger partial charge on any atom is -0.480 e. The van der Waals surface area contributed by atoms with Crippen molar-refractivity contribution < 1.29 is 34.1 Å². The van der Waals surface area contributed by atoms with Crippen LogP contribution in [0, 0.1) is 0 Å². The normalized spacial score (nSPS) is 12.9. The number of unbranched alkanes of at least 4 members (excludes halogenated alkanes) is 12. The average molecular weight is 663 g/mol. The minimum absolute atomic E-state index is 0.0226. The van der Waals surface area contributed by atoms with Crippen LogP contribution in [0.5, 0.6) is 0 Å². The number of carboxylic acids is 1. The van der Waals surface area contributed by atoms with E-state index in [1.807, 2.05) is 0 Å². The number of carbonyl (C=O) groups excluding carboxylic acids is 3. The van der Waals surface area contributed by atoms with Gasteiger partial charge in [-0.1, -0.05) is 108 Å². The van der Waals surface area contributed by atoms with Gasteiger partial charge in [-0.3, -0.25) is 14.4 Å². The van der Waals surface area contributed by atoms with Crippen molar-refractivity contribution >= 4 is 23.8 Å². The van der Waals surface area contributed by atoms with Crippen molar-refractivity contribution in [1.82, 2.24) is 10.6 Å². The van der Waals surface area contributed by atoms with Gasteiger partial charge >= 0.3 is 11.9 Å². The van der Waals surface area contributed by atoms with Gasteiger partial charge in [0.25, 0.3) is 0 Å². The Bertz CT molecular complexity index is 900. The lowest BCUT2D eigenvalue weighted by Gasteiger charge is -2.18. The van der Waals surface area contributed by atoms with Crippen molar-refractivity contribution in [2.45, 2.75) is 167 Å². The Hall–Kier alpha value is -2.94. The molecular formula is C38H66N2O7. The molecule has 0 aliphatic carbocycles. The molecule has 9 heteroatoms. The predicted molar refractivity (Wildman–Crippen MR) is 190 cm³/mol. The summed E-state index contributed by atoms with van der Waals surface area (Å²) in [4.78, 5) is 47.2. The highest BCUT2D eigenvalue weighted by Crippen LogP contribution is 2.18. The molecule has 0 aliphatic heterocycles. The highest BCUT2D eigenvalue weighted by molar-refractivity contribution is 5.87. The molecule has 0 heterocycles. The van der Waals surface area contributed by atoms with Crippen LogP contribution in [-0.4, -0.2) is 59.3 Å². The molecular weight excluding hydrogens is 596 g/mol. The van der Waals surface area contributed by atoms with Gasteiger partial charge in [-0.05, 0) is 70.6 Å². The average Bonchev–Trinajstić information content (AvgIpc) is 3.05. The van der Waals surface area contributed by atoms with Crippen LogP contribution in [0.3, 0.4) is 0 Å². The molecule has 270 valence electrons. The number of hydrogen-bond donors (Lipinski definition) is 4. The number of ether oxygens (including phenoxy) is 1. The number of aliphatic carboxylic acids is 1. The Morgan fingerprint density at radius 1 is 0.660 bits per heavy atom. The Balaban J connectivity index is 4.22. The largest absolute Gasteiger partial charge is 0.480 e.